The van der Waals surface area contributed by atoms with E-state index >= 15 is 0 Å². The van der Waals surface area contributed by atoms with Gasteiger partial charge in [0.05, 0.1) is 12.0 Å². The largest absolute Gasteiger partial charge is 0.369 e. The van der Waals surface area contributed by atoms with Crippen molar-refractivity contribution in [3.63, 3.8) is 0 Å². The molecule has 5 heteroatoms. The molecule has 2 amide bonds. The van der Waals surface area contributed by atoms with Crippen molar-refractivity contribution >= 4 is 38.9 Å². The number of thiophene rings is 1. The van der Waals surface area contributed by atoms with Crippen LogP contribution in [0.1, 0.15) is 15.9 Å². The monoisotopic (exact) mass is 310 g/mol. The lowest BCUT2D eigenvalue weighted by Crippen LogP contribution is -2.14. The molecule has 0 radical (unpaired) electrons. The average Bonchev–Trinajstić information content (AvgIpc) is 2.93. The molecule has 2 aromatic carbocycles. The van der Waals surface area contributed by atoms with E-state index in [1.807, 2.05) is 29.6 Å². The molecule has 0 saturated heterocycles. The molecule has 4 nitrogen and oxygen atoms in total. The van der Waals surface area contributed by atoms with Crippen LogP contribution in [0.4, 0.5) is 5.69 Å². The van der Waals surface area contributed by atoms with E-state index in [0.29, 0.717) is 11.3 Å². The summed E-state index contributed by atoms with van der Waals surface area (Å²) in [5.41, 5.74) is 7.33. The van der Waals surface area contributed by atoms with Crippen molar-refractivity contribution in [2.24, 2.45) is 5.73 Å². The molecule has 110 valence electrons. The van der Waals surface area contributed by atoms with Crippen LogP contribution in [0.5, 0.6) is 0 Å². The first-order chi connectivity index (χ1) is 10.6. The highest BCUT2D eigenvalue weighted by molar-refractivity contribution is 7.17. The van der Waals surface area contributed by atoms with Gasteiger partial charge < -0.3 is 11.1 Å². The molecule has 1 heterocycles. The average molecular weight is 310 g/mol. The van der Waals surface area contributed by atoms with E-state index < -0.39 is 0 Å². The number of carbonyl (C=O) groups excluding carboxylic acids is 2. The van der Waals surface area contributed by atoms with Gasteiger partial charge in [0.15, 0.2) is 0 Å². The Labute approximate surface area is 131 Å². The lowest BCUT2D eigenvalue weighted by Gasteiger charge is -2.05. The first-order valence-electron chi connectivity index (χ1n) is 6.78. The Kier molecular flexibility index (Phi) is 3.89. The Morgan fingerprint density at radius 2 is 1.77 bits per heavy atom. The molecule has 3 rings (SSSR count). The summed E-state index contributed by atoms with van der Waals surface area (Å²) < 4.78 is 1.09. The lowest BCUT2D eigenvalue weighted by molar-refractivity contribution is -0.117. The van der Waals surface area contributed by atoms with Crippen LogP contribution < -0.4 is 11.1 Å². The first-order valence-corrected chi connectivity index (χ1v) is 7.66. The highest BCUT2D eigenvalue weighted by Gasteiger charge is 2.12. The summed E-state index contributed by atoms with van der Waals surface area (Å²) in [5, 5.41) is 5.69. The zero-order valence-electron chi connectivity index (χ0n) is 11.7. The molecule has 0 aliphatic carbocycles. The van der Waals surface area contributed by atoms with Gasteiger partial charge in [-0.15, -0.1) is 11.3 Å². The summed E-state index contributed by atoms with van der Waals surface area (Å²) in [4.78, 5) is 23.2. The Balaban J connectivity index is 1.78. The molecular weight excluding hydrogens is 296 g/mol. The number of hydrogen-bond acceptors (Lipinski definition) is 3. The first kappa shape index (κ1) is 14.3. The number of carbonyl (C=O) groups is 2. The second-order valence-corrected chi connectivity index (χ2v) is 5.85. The minimum Gasteiger partial charge on any atom is -0.369 e. The highest BCUT2D eigenvalue weighted by atomic mass is 32.1. The minimum absolute atomic E-state index is 0.139. The topological polar surface area (TPSA) is 72.2 Å². The van der Waals surface area contributed by atoms with Gasteiger partial charge in [0, 0.05) is 21.2 Å². The third kappa shape index (κ3) is 2.99. The second kappa shape index (κ2) is 5.99. The predicted molar refractivity (Wildman–Crippen MR) is 89.1 cm³/mol. The van der Waals surface area contributed by atoms with Gasteiger partial charge in [-0.25, -0.2) is 0 Å². The second-order valence-electron chi connectivity index (χ2n) is 4.94. The van der Waals surface area contributed by atoms with Crippen molar-refractivity contribution in [3.05, 3.63) is 65.0 Å². The van der Waals surface area contributed by atoms with Gasteiger partial charge in [0.25, 0.3) is 5.91 Å². The molecule has 0 spiro atoms. The maximum atomic E-state index is 12.4. The van der Waals surface area contributed by atoms with E-state index in [2.05, 4.69) is 5.32 Å². The van der Waals surface area contributed by atoms with Gasteiger partial charge in [-0.3, -0.25) is 9.59 Å². The Hall–Kier alpha value is -2.66. The Bertz CT molecular complexity index is 837. The quantitative estimate of drug-likeness (QED) is 0.777. The maximum Gasteiger partial charge on any atom is 0.257 e. The number of nitrogens with two attached hydrogens (primary N) is 1. The molecule has 0 aliphatic rings. The van der Waals surface area contributed by atoms with Crippen LogP contribution in [0.15, 0.2) is 53.9 Å². The molecule has 1 aromatic heterocycles. The third-order valence-electron chi connectivity index (χ3n) is 3.32. The Morgan fingerprint density at radius 3 is 2.50 bits per heavy atom. The molecule has 0 saturated carbocycles. The molecule has 3 N–H and O–H groups in total. The third-order valence-corrected chi connectivity index (χ3v) is 4.28. The summed E-state index contributed by atoms with van der Waals surface area (Å²) in [6, 6.07) is 14.9. The standard InChI is InChI=1S/C17H14N2O2S/c18-16(20)9-11-5-7-12(8-6-11)19-17(21)14-10-22-15-4-2-1-3-13(14)15/h1-8,10H,9H2,(H2,18,20)(H,19,21). The summed E-state index contributed by atoms with van der Waals surface area (Å²) in [5.74, 6) is -0.512. The fourth-order valence-corrected chi connectivity index (χ4v) is 3.20. The molecule has 0 aliphatic heterocycles. The molecule has 3 aromatic rings. The van der Waals surface area contributed by atoms with Crippen molar-refractivity contribution < 1.29 is 9.59 Å². The maximum absolute atomic E-state index is 12.4. The van der Waals surface area contributed by atoms with Gasteiger partial charge in [0.2, 0.25) is 5.91 Å². The van der Waals surface area contributed by atoms with Crippen molar-refractivity contribution in [1.29, 1.82) is 0 Å². The van der Waals surface area contributed by atoms with Gasteiger partial charge in [0.1, 0.15) is 0 Å². The summed E-state index contributed by atoms with van der Waals surface area (Å²) in [7, 11) is 0. The van der Waals surface area contributed by atoms with E-state index in [-0.39, 0.29) is 18.2 Å². The van der Waals surface area contributed by atoms with Crippen LogP contribution >= 0.6 is 11.3 Å². The fraction of sp³-hybridized carbons (Fsp3) is 0.0588. The van der Waals surface area contributed by atoms with Crippen molar-refractivity contribution in [2.45, 2.75) is 6.42 Å². The van der Waals surface area contributed by atoms with Crippen molar-refractivity contribution in [1.82, 2.24) is 0 Å². The van der Waals surface area contributed by atoms with Crippen LogP contribution in [-0.4, -0.2) is 11.8 Å². The molecule has 0 fully saturated rings. The fourth-order valence-electron chi connectivity index (χ4n) is 2.26. The van der Waals surface area contributed by atoms with Gasteiger partial charge in [-0.2, -0.15) is 0 Å². The van der Waals surface area contributed by atoms with Crippen molar-refractivity contribution in [2.75, 3.05) is 5.32 Å². The smallest absolute Gasteiger partial charge is 0.257 e. The number of amides is 2. The van der Waals surface area contributed by atoms with Gasteiger partial charge in [-0.1, -0.05) is 30.3 Å². The van der Waals surface area contributed by atoms with Crippen molar-refractivity contribution in [3.8, 4) is 0 Å². The zero-order valence-corrected chi connectivity index (χ0v) is 12.5. The van der Waals surface area contributed by atoms with Crippen LogP contribution in [0.25, 0.3) is 10.1 Å². The normalized spacial score (nSPS) is 10.5. The van der Waals surface area contributed by atoms with Gasteiger partial charge in [-0.05, 0) is 23.8 Å². The lowest BCUT2D eigenvalue weighted by atomic mass is 10.1. The van der Waals surface area contributed by atoms with Crippen LogP contribution in [0.3, 0.4) is 0 Å². The van der Waals surface area contributed by atoms with Crippen LogP contribution in [0.2, 0.25) is 0 Å². The molecule has 0 unspecified atom stereocenters. The van der Waals surface area contributed by atoms with Crippen LogP contribution in [-0.2, 0) is 11.2 Å². The number of fused-ring (bicyclic) bond motifs is 1. The number of anilines is 1. The Morgan fingerprint density at radius 1 is 1.05 bits per heavy atom. The summed E-state index contributed by atoms with van der Waals surface area (Å²) in [6.07, 6.45) is 0.198. The molecule has 0 bridgehead atoms. The zero-order chi connectivity index (χ0) is 15.5. The molecule has 0 atom stereocenters. The number of nitrogens with one attached hydrogen (secondary N) is 1. The van der Waals surface area contributed by atoms with E-state index in [9.17, 15) is 9.59 Å². The summed E-state index contributed by atoms with van der Waals surface area (Å²) >= 11 is 1.55. The summed E-state index contributed by atoms with van der Waals surface area (Å²) in [6.45, 7) is 0. The molecular formula is C17H14N2O2S. The van der Waals surface area contributed by atoms with Gasteiger partial charge >= 0.3 is 0 Å². The molecule has 22 heavy (non-hydrogen) atoms. The van der Waals surface area contributed by atoms with E-state index in [1.165, 1.54) is 0 Å². The van der Waals surface area contributed by atoms with E-state index in [0.717, 1.165) is 15.6 Å². The number of primary amides is 1. The van der Waals surface area contributed by atoms with Crippen LogP contribution in [0, 0.1) is 0 Å². The predicted octanol–water partition coefficient (Wildman–Crippen LogP) is 3.18. The number of hydrogen-bond donors (Lipinski definition) is 2. The number of rotatable bonds is 4. The van der Waals surface area contributed by atoms with E-state index in [1.54, 1.807) is 35.6 Å². The number of benzene rings is 2. The SMILES string of the molecule is NC(=O)Cc1ccc(NC(=O)c2csc3ccccc23)cc1. The van der Waals surface area contributed by atoms with E-state index in [4.69, 9.17) is 5.73 Å². The highest BCUT2D eigenvalue weighted by Crippen LogP contribution is 2.26. The minimum atomic E-state index is -0.374.